The van der Waals surface area contributed by atoms with Crippen LogP contribution in [0, 0.1) is 0 Å². The van der Waals surface area contributed by atoms with Crippen molar-refractivity contribution in [2.75, 3.05) is 24.5 Å². The molecule has 0 aliphatic carbocycles. The number of aromatic amines is 1. The molecule has 130 valence electrons. The Bertz CT molecular complexity index is 809. The summed E-state index contributed by atoms with van der Waals surface area (Å²) >= 11 is 0. The summed E-state index contributed by atoms with van der Waals surface area (Å²) in [6.07, 6.45) is 5.77. The molecule has 0 bridgehead atoms. The fourth-order valence-corrected chi connectivity index (χ4v) is 3.87. The third-order valence-corrected chi connectivity index (χ3v) is 5.16. The Balaban J connectivity index is 1.54. The highest BCUT2D eigenvalue weighted by molar-refractivity contribution is 5.95. The van der Waals surface area contributed by atoms with Gasteiger partial charge in [0.25, 0.3) is 5.91 Å². The molecule has 2 fully saturated rings. The highest BCUT2D eigenvalue weighted by Crippen LogP contribution is 2.32. The van der Waals surface area contributed by atoms with Gasteiger partial charge in [-0.05, 0) is 56.0 Å². The van der Waals surface area contributed by atoms with E-state index in [1.54, 1.807) is 6.07 Å². The molecule has 1 aromatic carbocycles. The number of hydrogen-bond acceptors (Lipinski definition) is 4. The van der Waals surface area contributed by atoms with Crippen molar-refractivity contribution in [1.82, 2.24) is 14.9 Å². The summed E-state index contributed by atoms with van der Waals surface area (Å²) in [5.74, 6) is 0.0214. The molecule has 6 heteroatoms. The lowest BCUT2D eigenvalue weighted by Gasteiger charge is -2.25. The van der Waals surface area contributed by atoms with Gasteiger partial charge in [-0.15, -0.1) is 0 Å². The Morgan fingerprint density at radius 1 is 1.04 bits per heavy atom. The zero-order valence-corrected chi connectivity index (χ0v) is 14.1. The van der Waals surface area contributed by atoms with Gasteiger partial charge in [-0.25, -0.2) is 9.78 Å². The quantitative estimate of drug-likeness (QED) is 0.933. The number of aromatic nitrogens is 2. The molecule has 1 atom stereocenters. The fourth-order valence-electron chi connectivity index (χ4n) is 3.87. The Morgan fingerprint density at radius 3 is 2.52 bits per heavy atom. The monoisotopic (exact) mass is 338 g/mol. The predicted octanol–water partition coefficient (Wildman–Crippen LogP) is 2.35. The van der Waals surface area contributed by atoms with E-state index in [9.17, 15) is 9.59 Å². The number of nitrogens with zero attached hydrogens (tertiary/aromatic N) is 3. The first-order valence-electron chi connectivity index (χ1n) is 8.93. The van der Waals surface area contributed by atoms with Crippen LogP contribution in [-0.2, 0) is 0 Å². The van der Waals surface area contributed by atoms with Crippen LogP contribution in [0.25, 0.3) is 0 Å². The first-order chi connectivity index (χ1) is 12.2. The number of anilines is 1. The topological polar surface area (TPSA) is 69.3 Å². The summed E-state index contributed by atoms with van der Waals surface area (Å²) in [7, 11) is 0. The summed E-state index contributed by atoms with van der Waals surface area (Å²) in [5.41, 5.74) is 2.28. The molecule has 25 heavy (non-hydrogen) atoms. The average Bonchev–Trinajstić information content (AvgIpc) is 3.33. The van der Waals surface area contributed by atoms with Gasteiger partial charge in [0, 0.05) is 42.8 Å². The van der Waals surface area contributed by atoms with Gasteiger partial charge in [-0.2, -0.15) is 0 Å². The Hall–Kier alpha value is -2.63. The van der Waals surface area contributed by atoms with E-state index in [4.69, 9.17) is 0 Å². The van der Waals surface area contributed by atoms with E-state index < -0.39 is 0 Å². The number of amides is 1. The van der Waals surface area contributed by atoms with Gasteiger partial charge >= 0.3 is 5.69 Å². The standard InChI is InChI=1S/C19H22N4O2/c24-18(14-5-7-15(8-6-14)22-11-1-2-12-22)23-13-3-4-17(23)16-9-10-20-19(25)21-16/h5-10,17H,1-4,11-13H2,(H,20,21,25)/t17-/m0/s1. The number of hydrogen-bond donors (Lipinski definition) is 1. The van der Waals surface area contributed by atoms with E-state index >= 15 is 0 Å². The van der Waals surface area contributed by atoms with Crippen molar-refractivity contribution in [1.29, 1.82) is 0 Å². The summed E-state index contributed by atoms with van der Waals surface area (Å²) in [6, 6.07) is 9.62. The summed E-state index contributed by atoms with van der Waals surface area (Å²) in [6.45, 7) is 2.90. The highest BCUT2D eigenvalue weighted by Gasteiger charge is 2.31. The minimum absolute atomic E-state index is 0.0214. The normalized spacial score (nSPS) is 20.2. The van der Waals surface area contributed by atoms with Crippen LogP contribution in [0.3, 0.4) is 0 Å². The first-order valence-corrected chi connectivity index (χ1v) is 8.93. The smallest absolute Gasteiger partial charge is 0.345 e. The third kappa shape index (κ3) is 3.16. The van der Waals surface area contributed by atoms with Gasteiger partial charge in [0.05, 0.1) is 6.04 Å². The minimum atomic E-state index is -0.369. The summed E-state index contributed by atoms with van der Waals surface area (Å²) in [5, 5.41) is 0. The SMILES string of the molecule is O=C(c1ccc(N2CCCC2)cc1)N1CCC[C@H]1c1ccnc(=O)[nH]1. The van der Waals surface area contributed by atoms with E-state index in [0.29, 0.717) is 12.1 Å². The van der Waals surface area contributed by atoms with Gasteiger partial charge in [0.15, 0.2) is 0 Å². The van der Waals surface area contributed by atoms with Crippen LogP contribution in [0.1, 0.15) is 47.8 Å². The molecule has 2 aliphatic heterocycles. The molecule has 0 spiro atoms. The molecular weight excluding hydrogens is 316 g/mol. The maximum atomic E-state index is 13.0. The maximum Gasteiger partial charge on any atom is 0.345 e. The molecule has 2 aromatic rings. The zero-order valence-electron chi connectivity index (χ0n) is 14.1. The van der Waals surface area contributed by atoms with E-state index in [-0.39, 0.29) is 17.6 Å². The van der Waals surface area contributed by atoms with Gasteiger partial charge in [-0.3, -0.25) is 4.79 Å². The van der Waals surface area contributed by atoms with Crippen molar-refractivity contribution in [2.45, 2.75) is 31.7 Å². The van der Waals surface area contributed by atoms with Gasteiger partial charge in [-0.1, -0.05) is 0 Å². The van der Waals surface area contributed by atoms with Gasteiger partial charge < -0.3 is 14.8 Å². The zero-order chi connectivity index (χ0) is 17.2. The Morgan fingerprint density at radius 2 is 1.80 bits per heavy atom. The number of rotatable bonds is 3. The molecular formula is C19H22N4O2. The number of likely N-dealkylation sites (tertiary alicyclic amines) is 1. The van der Waals surface area contributed by atoms with E-state index in [1.807, 2.05) is 29.2 Å². The first kappa shape index (κ1) is 15.9. The Labute approximate surface area is 146 Å². The van der Waals surface area contributed by atoms with Gasteiger partial charge in [0.2, 0.25) is 0 Å². The van der Waals surface area contributed by atoms with Crippen molar-refractivity contribution in [3.63, 3.8) is 0 Å². The fraction of sp³-hybridized carbons (Fsp3) is 0.421. The number of benzene rings is 1. The van der Waals surface area contributed by atoms with Crippen molar-refractivity contribution in [3.05, 3.63) is 58.3 Å². The van der Waals surface area contributed by atoms with Crippen LogP contribution in [0.2, 0.25) is 0 Å². The molecule has 0 unspecified atom stereocenters. The molecule has 6 nitrogen and oxygen atoms in total. The second-order valence-electron chi connectivity index (χ2n) is 6.73. The average molecular weight is 338 g/mol. The van der Waals surface area contributed by atoms with Crippen LogP contribution < -0.4 is 10.6 Å². The van der Waals surface area contributed by atoms with E-state index in [0.717, 1.165) is 31.6 Å². The van der Waals surface area contributed by atoms with Crippen LogP contribution in [0.15, 0.2) is 41.3 Å². The van der Waals surface area contributed by atoms with Crippen molar-refractivity contribution in [2.24, 2.45) is 0 Å². The predicted molar refractivity (Wildman–Crippen MR) is 95.8 cm³/mol. The molecule has 1 aromatic heterocycles. The van der Waals surface area contributed by atoms with Crippen LogP contribution >= 0.6 is 0 Å². The van der Waals surface area contributed by atoms with Gasteiger partial charge in [0.1, 0.15) is 0 Å². The molecule has 0 saturated carbocycles. The second kappa shape index (κ2) is 6.70. The Kier molecular flexibility index (Phi) is 4.26. The molecule has 3 heterocycles. The molecule has 2 aliphatic rings. The summed E-state index contributed by atoms with van der Waals surface area (Å²) < 4.78 is 0. The molecule has 0 radical (unpaired) electrons. The second-order valence-corrected chi connectivity index (χ2v) is 6.73. The van der Waals surface area contributed by atoms with Crippen LogP contribution in [0.5, 0.6) is 0 Å². The number of nitrogens with one attached hydrogen (secondary N) is 1. The number of H-pyrrole nitrogens is 1. The minimum Gasteiger partial charge on any atom is -0.372 e. The molecule has 1 N–H and O–H groups in total. The third-order valence-electron chi connectivity index (χ3n) is 5.16. The number of carbonyl (C=O) groups is 1. The van der Waals surface area contributed by atoms with Crippen molar-refractivity contribution < 1.29 is 4.79 Å². The van der Waals surface area contributed by atoms with E-state index in [1.165, 1.54) is 24.7 Å². The lowest BCUT2D eigenvalue weighted by molar-refractivity contribution is 0.0732. The summed E-state index contributed by atoms with van der Waals surface area (Å²) in [4.78, 5) is 35.1. The largest absolute Gasteiger partial charge is 0.372 e. The highest BCUT2D eigenvalue weighted by atomic mass is 16.2. The van der Waals surface area contributed by atoms with E-state index in [2.05, 4.69) is 14.9 Å². The lowest BCUT2D eigenvalue weighted by atomic mass is 10.1. The lowest BCUT2D eigenvalue weighted by Crippen LogP contribution is -2.32. The van der Waals surface area contributed by atoms with Crippen LogP contribution in [0.4, 0.5) is 5.69 Å². The molecule has 4 rings (SSSR count). The molecule has 2 saturated heterocycles. The maximum absolute atomic E-state index is 13.0. The van der Waals surface area contributed by atoms with Crippen molar-refractivity contribution >= 4 is 11.6 Å². The molecule has 1 amide bonds. The van der Waals surface area contributed by atoms with Crippen LogP contribution in [-0.4, -0.2) is 40.4 Å². The number of carbonyl (C=O) groups excluding carboxylic acids is 1. The van der Waals surface area contributed by atoms with Crippen molar-refractivity contribution in [3.8, 4) is 0 Å².